The molecule has 23 heavy (non-hydrogen) atoms. The highest BCUT2D eigenvalue weighted by atomic mass is 16.5. The zero-order valence-corrected chi connectivity index (χ0v) is 13.2. The summed E-state index contributed by atoms with van der Waals surface area (Å²) in [6.07, 6.45) is 1.88. The molecule has 0 bridgehead atoms. The van der Waals surface area contributed by atoms with E-state index in [4.69, 9.17) is 4.74 Å². The lowest BCUT2D eigenvalue weighted by Gasteiger charge is -2.09. The van der Waals surface area contributed by atoms with Crippen molar-refractivity contribution in [2.24, 2.45) is 0 Å². The first-order valence-electron chi connectivity index (χ1n) is 7.73. The zero-order valence-electron chi connectivity index (χ0n) is 13.2. The van der Waals surface area contributed by atoms with Crippen molar-refractivity contribution in [1.29, 1.82) is 0 Å². The molecule has 0 amide bonds. The summed E-state index contributed by atoms with van der Waals surface area (Å²) in [4.78, 5) is 4.43. The molecule has 0 N–H and O–H groups in total. The van der Waals surface area contributed by atoms with Crippen molar-refractivity contribution < 1.29 is 4.74 Å². The summed E-state index contributed by atoms with van der Waals surface area (Å²) in [7, 11) is 0. The first kappa shape index (κ1) is 13.8. The smallest absolute Gasteiger partial charge is 0.219 e. The number of hydrogen-bond acceptors (Lipinski definition) is 2. The summed E-state index contributed by atoms with van der Waals surface area (Å²) in [5.74, 6) is 1.42. The van der Waals surface area contributed by atoms with Gasteiger partial charge in [0.15, 0.2) is 0 Å². The van der Waals surface area contributed by atoms with Crippen LogP contribution in [0.5, 0.6) is 11.6 Å². The Morgan fingerprint density at radius 3 is 2.26 bits per heavy atom. The van der Waals surface area contributed by atoms with Crippen LogP contribution in [0.25, 0.3) is 21.5 Å². The Bertz CT molecular complexity index is 1010. The lowest BCUT2D eigenvalue weighted by Crippen LogP contribution is -1.89. The monoisotopic (exact) mass is 299 g/mol. The highest BCUT2D eigenvalue weighted by Gasteiger charge is 2.06. The average Bonchev–Trinajstić information content (AvgIpc) is 2.57. The average molecular weight is 299 g/mol. The molecule has 112 valence electrons. The number of para-hydroxylation sites is 1. The lowest BCUT2D eigenvalue weighted by atomic mass is 9.98. The van der Waals surface area contributed by atoms with Crippen molar-refractivity contribution in [1.82, 2.24) is 4.98 Å². The number of rotatable bonds is 2. The van der Waals surface area contributed by atoms with E-state index in [2.05, 4.69) is 43.1 Å². The Morgan fingerprint density at radius 1 is 0.739 bits per heavy atom. The van der Waals surface area contributed by atoms with Gasteiger partial charge in [-0.3, -0.25) is 0 Å². The van der Waals surface area contributed by atoms with Gasteiger partial charge >= 0.3 is 0 Å². The topological polar surface area (TPSA) is 22.1 Å². The fourth-order valence-electron chi connectivity index (χ4n) is 2.87. The van der Waals surface area contributed by atoms with Crippen LogP contribution in [0.15, 0.2) is 66.9 Å². The maximum atomic E-state index is 5.88. The molecular weight excluding hydrogens is 282 g/mol. The van der Waals surface area contributed by atoms with Crippen LogP contribution < -0.4 is 4.74 Å². The van der Waals surface area contributed by atoms with Gasteiger partial charge < -0.3 is 4.74 Å². The van der Waals surface area contributed by atoms with Gasteiger partial charge in [-0.1, -0.05) is 42.5 Å². The van der Waals surface area contributed by atoms with Crippen LogP contribution in [0.3, 0.4) is 0 Å². The Labute approximate surface area is 135 Å². The molecule has 4 rings (SSSR count). The second-order valence-electron chi connectivity index (χ2n) is 5.88. The van der Waals surface area contributed by atoms with Gasteiger partial charge in [-0.2, -0.15) is 0 Å². The van der Waals surface area contributed by atoms with Gasteiger partial charge in [0.05, 0.1) is 0 Å². The van der Waals surface area contributed by atoms with Crippen molar-refractivity contribution in [3.05, 3.63) is 78.0 Å². The number of ether oxygens (including phenoxy) is 1. The molecule has 2 heteroatoms. The summed E-state index contributed by atoms with van der Waals surface area (Å²) >= 11 is 0. The van der Waals surface area contributed by atoms with E-state index in [1.807, 2.05) is 42.6 Å². The third kappa shape index (κ3) is 2.53. The maximum absolute atomic E-state index is 5.88. The first-order chi connectivity index (χ1) is 11.2. The van der Waals surface area contributed by atoms with E-state index in [0.717, 1.165) is 11.1 Å². The molecule has 1 heterocycles. The molecule has 4 aromatic rings. The summed E-state index contributed by atoms with van der Waals surface area (Å²) in [6.45, 7) is 4.30. The third-order valence-electron chi connectivity index (χ3n) is 4.27. The molecule has 0 atom stereocenters. The molecule has 2 nitrogen and oxygen atoms in total. The molecule has 0 aliphatic rings. The molecule has 0 spiro atoms. The van der Waals surface area contributed by atoms with E-state index in [1.54, 1.807) is 0 Å². The van der Waals surface area contributed by atoms with E-state index < -0.39 is 0 Å². The quantitative estimate of drug-likeness (QED) is 0.437. The number of hydrogen-bond donors (Lipinski definition) is 0. The van der Waals surface area contributed by atoms with Crippen LogP contribution in [0, 0.1) is 13.8 Å². The molecular formula is C21H17NO. The van der Waals surface area contributed by atoms with Gasteiger partial charge in [0.1, 0.15) is 5.75 Å². The standard InChI is InChI=1S/C21H17NO/c1-14-10-16-8-9-17-13-22-21(23-18-6-4-3-5-7-18)12-20(17)19(16)11-15(14)2/h3-13H,1-2H3. The normalized spacial score (nSPS) is 11.0. The van der Waals surface area contributed by atoms with Gasteiger partial charge in [-0.05, 0) is 53.3 Å². The van der Waals surface area contributed by atoms with Crippen molar-refractivity contribution in [2.45, 2.75) is 13.8 Å². The maximum Gasteiger partial charge on any atom is 0.219 e. The van der Waals surface area contributed by atoms with Gasteiger partial charge in [0.2, 0.25) is 5.88 Å². The summed E-state index contributed by atoms with van der Waals surface area (Å²) in [5, 5.41) is 4.79. The third-order valence-corrected chi connectivity index (χ3v) is 4.27. The van der Waals surface area contributed by atoms with Gasteiger partial charge in [-0.15, -0.1) is 0 Å². The largest absolute Gasteiger partial charge is 0.439 e. The summed E-state index contributed by atoms with van der Waals surface area (Å²) in [5.41, 5.74) is 2.61. The lowest BCUT2D eigenvalue weighted by molar-refractivity contribution is 0.464. The molecule has 0 aliphatic heterocycles. The van der Waals surface area contributed by atoms with Crippen LogP contribution in [-0.4, -0.2) is 4.98 Å². The second kappa shape index (κ2) is 5.40. The van der Waals surface area contributed by atoms with Crippen LogP contribution >= 0.6 is 0 Å². The highest BCUT2D eigenvalue weighted by Crippen LogP contribution is 2.30. The van der Waals surface area contributed by atoms with Crippen LogP contribution in [0.4, 0.5) is 0 Å². The van der Waals surface area contributed by atoms with Crippen molar-refractivity contribution in [3.63, 3.8) is 0 Å². The Kier molecular flexibility index (Phi) is 3.23. The molecule has 1 aromatic heterocycles. The second-order valence-corrected chi connectivity index (χ2v) is 5.88. The minimum Gasteiger partial charge on any atom is -0.439 e. The molecule has 0 saturated carbocycles. The Balaban J connectivity index is 1.89. The van der Waals surface area contributed by atoms with E-state index in [1.165, 1.54) is 27.3 Å². The number of nitrogens with zero attached hydrogens (tertiary/aromatic N) is 1. The van der Waals surface area contributed by atoms with E-state index in [9.17, 15) is 0 Å². The summed E-state index contributed by atoms with van der Waals surface area (Å²) < 4.78 is 5.88. The van der Waals surface area contributed by atoms with E-state index >= 15 is 0 Å². The van der Waals surface area contributed by atoms with Crippen molar-refractivity contribution >= 4 is 21.5 Å². The number of fused-ring (bicyclic) bond motifs is 3. The number of aryl methyl sites for hydroxylation is 2. The van der Waals surface area contributed by atoms with E-state index in [-0.39, 0.29) is 0 Å². The molecule has 0 fully saturated rings. The molecule has 0 aliphatic carbocycles. The highest BCUT2D eigenvalue weighted by molar-refractivity contribution is 6.08. The van der Waals surface area contributed by atoms with Crippen molar-refractivity contribution in [2.75, 3.05) is 0 Å². The molecule has 0 saturated heterocycles. The van der Waals surface area contributed by atoms with Crippen molar-refractivity contribution in [3.8, 4) is 11.6 Å². The fourth-order valence-corrected chi connectivity index (χ4v) is 2.87. The Morgan fingerprint density at radius 2 is 1.43 bits per heavy atom. The molecule has 0 radical (unpaired) electrons. The van der Waals surface area contributed by atoms with Crippen LogP contribution in [0.1, 0.15) is 11.1 Å². The van der Waals surface area contributed by atoms with Crippen LogP contribution in [-0.2, 0) is 0 Å². The predicted octanol–water partition coefficient (Wildman–Crippen LogP) is 5.80. The number of aromatic nitrogens is 1. The SMILES string of the molecule is Cc1cc2ccc3cnc(Oc4ccccc4)cc3c2cc1C. The number of benzene rings is 3. The first-order valence-corrected chi connectivity index (χ1v) is 7.73. The zero-order chi connectivity index (χ0) is 15.8. The fraction of sp³-hybridized carbons (Fsp3) is 0.0952. The minimum absolute atomic E-state index is 0.620. The Hall–Kier alpha value is -2.87. The van der Waals surface area contributed by atoms with Gasteiger partial charge in [-0.25, -0.2) is 4.98 Å². The van der Waals surface area contributed by atoms with Crippen LogP contribution in [0.2, 0.25) is 0 Å². The van der Waals surface area contributed by atoms with Gasteiger partial charge in [0.25, 0.3) is 0 Å². The summed E-state index contributed by atoms with van der Waals surface area (Å²) in [6, 6.07) is 20.5. The minimum atomic E-state index is 0.620. The molecule has 0 unspecified atom stereocenters. The molecule has 3 aromatic carbocycles. The predicted molar refractivity (Wildman–Crippen MR) is 95.2 cm³/mol. The van der Waals surface area contributed by atoms with Gasteiger partial charge in [0, 0.05) is 17.6 Å². The van der Waals surface area contributed by atoms with E-state index in [0.29, 0.717) is 5.88 Å². The number of pyridine rings is 1.